The number of hydrogen-bond acceptors (Lipinski definition) is 7. The van der Waals surface area contributed by atoms with Crippen LogP contribution in [0.15, 0.2) is 30.3 Å². The minimum absolute atomic E-state index is 0.0716. The molecule has 0 saturated heterocycles. The first-order valence-corrected chi connectivity index (χ1v) is 10.7. The molecular weight excluding hydrogens is 426 g/mol. The Morgan fingerprint density at radius 3 is 2.42 bits per heavy atom. The number of carboxylic acids is 2. The van der Waals surface area contributed by atoms with Gasteiger partial charge in [-0.15, -0.1) is 0 Å². The lowest BCUT2D eigenvalue weighted by Gasteiger charge is -2.16. The number of aromatic nitrogens is 2. The molecule has 1 amide bonds. The van der Waals surface area contributed by atoms with Gasteiger partial charge in [0.1, 0.15) is 11.9 Å². The number of hydrogen-bond donors (Lipinski definition) is 5. The van der Waals surface area contributed by atoms with E-state index in [1.807, 2.05) is 12.1 Å². The molecule has 0 spiro atoms. The smallest absolute Gasteiger partial charge is 0.326 e. The molecule has 3 rings (SSSR count). The molecule has 0 aliphatic heterocycles. The molecule has 7 N–H and O–H groups in total. The number of aliphatic carboxylic acids is 2. The molecule has 0 saturated carbocycles. The van der Waals surface area contributed by atoms with E-state index in [2.05, 4.69) is 28.3 Å². The minimum Gasteiger partial charge on any atom is -0.481 e. The maximum atomic E-state index is 12.5. The van der Waals surface area contributed by atoms with Gasteiger partial charge in [-0.1, -0.05) is 25.1 Å². The van der Waals surface area contributed by atoms with Gasteiger partial charge in [0.05, 0.1) is 5.69 Å². The summed E-state index contributed by atoms with van der Waals surface area (Å²) in [5, 5.41) is 20.4. The van der Waals surface area contributed by atoms with E-state index >= 15 is 0 Å². The van der Waals surface area contributed by atoms with Crippen LogP contribution in [-0.2, 0) is 16.0 Å². The Hall–Kier alpha value is -3.95. The molecule has 2 atom stereocenters. The van der Waals surface area contributed by atoms with Crippen molar-refractivity contribution in [2.24, 2.45) is 0 Å². The van der Waals surface area contributed by atoms with Crippen LogP contribution in [0.1, 0.15) is 65.7 Å². The number of amides is 1. The molecule has 1 aliphatic rings. The van der Waals surface area contributed by atoms with Crippen LogP contribution in [-0.4, -0.2) is 44.1 Å². The van der Waals surface area contributed by atoms with Gasteiger partial charge in [-0.2, -0.15) is 4.98 Å². The van der Waals surface area contributed by atoms with Gasteiger partial charge in [0, 0.05) is 23.5 Å². The Morgan fingerprint density at radius 2 is 1.82 bits per heavy atom. The Morgan fingerprint density at radius 1 is 1.12 bits per heavy atom. The van der Waals surface area contributed by atoms with Crippen molar-refractivity contribution in [2.45, 2.75) is 51.0 Å². The number of fused-ring (bicyclic) bond motifs is 1. The van der Waals surface area contributed by atoms with E-state index in [0.29, 0.717) is 11.4 Å². The summed E-state index contributed by atoms with van der Waals surface area (Å²) >= 11 is 0. The quantitative estimate of drug-likeness (QED) is 0.380. The number of anilines is 2. The lowest BCUT2D eigenvalue weighted by molar-refractivity contribution is -0.140. The average Bonchev–Trinajstić information content (AvgIpc) is 3.17. The van der Waals surface area contributed by atoms with E-state index in [1.165, 1.54) is 0 Å². The summed E-state index contributed by atoms with van der Waals surface area (Å²) in [5.74, 6) is -2.36. The predicted octanol–water partition coefficient (Wildman–Crippen LogP) is 2.21. The van der Waals surface area contributed by atoms with Gasteiger partial charge in [0.2, 0.25) is 5.95 Å². The molecular formula is C23H27N5O5. The second-order valence-corrected chi connectivity index (χ2v) is 7.91. The van der Waals surface area contributed by atoms with E-state index in [0.717, 1.165) is 41.7 Å². The van der Waals surface area contributed by atoms with Crippen molar-refractivity contribution in [1.29, 1.82) is 0 Å². The van der Waals surface area contributed by atoms with Crippen LogP contribution in [0.3, 0.4) is 0 Å². The summed E-state index contributed by atoms with van der Waals surface area (Å²) in [7, 11) is 0. The molecule has 1 aromatic carbocycles. The van der Waals surface area contributed by atoms with Crippen LogP contribution >= 0.6 is 0 Å². The maximum Gasteiger partial charge on any atom is 0.326 e. The number of benzene rings is 1. The van der Waals surface area contributed by atoms with Gasteiger partial charge < -0.3 is 27.0 Å². The Balaban J connectivity index is 1.75. The SMILES string of the molecule is CCC(C=C1CCc2nc(N)nc(N)c21)c1ccc(C(=O)N[C@@H](CCC(=O)O)C(=O)O)cc1. The third-order valence-corrected chi connectivity index (χ3v) is 5.68. The standard InChI is InChI=1S/C23H27N5O5/c1-2-12(11-15-7-8-16-19(15)20(24)28-23(25)27-16)13-3-5-14(6-4-13)21(31)26-17(22(32)33)9-10-18(29)30/h3-6,11-12,17H,2,7-10H2,1H3,(H,26,31)(H,29,30)(H,32,33)(H4,24,25,27,28)/t12?,17-/m0/s1. The van der Waals surface area contributed by atoms with E-state index < -0.39 is 23.9 Å². The fourth-order valence-electron chi connectivity index (χ4n) is 3.96. The average molecular weight is 453 g/mol. The van der Waals surface area contributed by atoms with Crippen molar-refractivity contribution >= 4 is 35.2 Å². The molecule has 0 radical (unpaired) electrons. The highest BCUT2D eigenvalue weighted by molar-refractivity contribution is 5.96. The topological polar surface area (TPSA) is 182 Å². The van der Waals surface area contributed by atoms with Crippen molar-refractivity contribution < 1.29 is 24.6 Å². The van der Waals surface area contributed by atoms with Crippen molar-refractivity contribution in [3.05, 3.63) is 52.7 Å². The summed E-state index contributed by atoms with van der Waals surface area (Å²) in [4.78, 5) is 42.9. The summed E-state index contributed by atoms with van der Waals surface area (Å²) in [6.45, 7) is 2.06. The van der Waals surface area contributed by atoms with E-state index in [4.69, 9.17) is 16.6 Å². The normalized spacial score (nSPS) is 15.6. The number of carbonyl (C=O) groups is 3. The molecule has 1 heterocycles. The number of allylic oxidation sites excluding steroid dienone is 2. The van der Waals surface area contributed by atoms with Gasteiger partial charge >= 0.3 is 11.9 Å². The Kier molecular flexibility index (Phi) is 7.27. The van der Waals surface area contributed by atoms with Gasteiger partial charge in [-0.3, -0.25) is 9.59 Å². The second kappa shape index (κ2) is 10.1. The third kappa shape index (κ3) is 5.65. The molecule has 0 bridgehead atoms. The first-order chi connectivity index (χ1) is 15.7. The number of aryl methyl sites for hydroxylation is 1. The summed E-state index contributed by atoms with van der Waals surface area (Å²) in [6, 6.07) is 5.63. The first kappa shape index (κ1) is 23.7. The van der Waals surface area contributed by atoms with Crippen LogP contribution in [0.25, 0.3) is 5.57 Å². The Labute approximate surface area is 190 Å². The summed E-state index contributed by atoms with van der Waals surface area (Å²) < 4.78 is 0. The molecule has 10 nitrogen and oxygen atoms in total. The number of nitrogens with two attached hydrogens (primary N) is 2. The largest absolute Gasteiger partial charge is 0.481 e. The van der Waals surface area contributed by atoms with E-state index in [9.17, 15) is 19.5 Å². The fraction of sp³-hybridized carbons (Fsp3) is 0.348. The van der Waals surface area contributed by atoms with Crippen molar-refractivity contribution in [1.82, 2.24) is 15.3 Å². The number of nitrogens with one attached hydrogen (secondary N) is 1. The predicted molar refractivity (Wildman–Crippen MR) is 122 cm³/mol. The van der Waals surface area contributed by atoms with Gasteiger partial charge in [-0.05, 0) is 49.0 Å². The zero-order valence-electron chi connectivity index (χ0n) is 18.2. The number of carboxylic acid groups (broad SMARTS) is 2. The maximum absolute atomic E-state index is 12.5. The fourth-order valence-corrected chi connectivity index (χ4v) is 3.96. The van der Waals surface area contributed by atoms with Gasteiger partial charge in [0.15, 0.2) is 0 Å². The molecule has 10 heteroatoms. The summed E-state index contributed by atoms with van der Waals surface area (Å²) in [5.41, 5.74) is 15.8. The van der Waals surface area contributed by atoms with Crippen molar-refractivity contribution in [3.63, 3.8) is 0 Å². The van der Waals surface area contributed by atoms with Crippen molar-refractivity contribution in [3.8, 4) is 0 Å². The number of nitrogen functional groups attached to an aromatic ring is 2. The second-order valence-electron chi connectivity index (χ2n) is 7.91. The minimum atomic E-state index is -1.28. The van der Waals surface area contributed by atoms with Crippen molar-refractivity contribution in [2.75, 3.05) is 11.5 Å². The monoisotopic (exact) mass is 453 g/mol. The molecule has 1 unspecified atom stereocenters. The number of rotatable bonds is 9. The van der Waals surface area contributed by atoms with Crippen LogP contribution < -0.4 is 16.8 Å². The molecule has 0 fully saturated rings. The number of carbonyl (C=O) groups excluding carboxylic acids is 1. The lowest BCUT2D eigenvalue weighted by atomic mass is 9.92. The van der Waals surface area contributed by atoms with Crippen LogP contribution in [0.2, 0.25) is 0 Å². The van der Waals surface area contributed by atoms with Gasteiger partial charge in [-0.25, -0.2) is 9.78 Å². The third-order valence-electron chi connectivity index (χ3n) is 5.68. The highest BCUT2D eigenvalue weighted by Crippen LogP contribution is 2.37. The van der Waals surface area contributed by atoms with E-state index in [1.54, 1.807) is 12.1 Å². The Bertz CT molecular complexity index is 1100. The van der Waals surface area contributed by atoms with Crippen LogP contribution in [0, 0.1) is 0 Å². The van der Waals surface area contributed by atoms with E-state index in [-0.39, 0.29) is 24.7 Å². The lowest BCUT2D eigenvalue weighted by Crippen LogP contribution is -2.41. The molecule has 1 aromatic heterocycles. The van der Waals surface area contributed by atoms with Crippen LogP contribution in [0.4, 0.5) is 11.8 Å². The first-order valence-electron chi connectivity index (χ1n) is 10.7. The highest BCUT2D eigenvalue weighted by atomic mass is 16.4. The zero-order valence-corrected chi connectivity index (χ0v) is 18.2. The van der Waals surface area contributed by atoms with Gasteiger partial charge in [0.25, 0.3) is 5.91 Å². The van der Waals surface area contributed by atoms with Crippen LogP contribution in [0.5, 0.6) is 0 Å². The zero-order chi connectivity index (χ0) is 24.1. The molecule has 2 aromatic rings. The molecule has 1 aliphatic carbocycles. The molecule has 33 heavy (non-hydrogen) atoms. The highest BCUT2D eigenvalue weighted by Gasteiger charge is 2.24. The molecule has 174 valence electrons. The number of nitrogens with zero attached hydrogens (tertiary/aromatic N) is 2. The summed E-state index contributed by atoms with van der Waals surface area (Å²) in [6.07, 6.45) is 3.95.